The Morgan fingerprint density at radius 1 is 1.38 bits per heavy atom. The van der Waals surface area contributed by atoms with Crippen molar-refractivity contribution in [3.63, 3.8) is 0 Å². The van der Waals surface area contributed by atoms with Gasteiger partial charge in [0.05, 0.1) is 0 Å². The lowest BCUT2D eigenvalue weighted by Gasteiger charge is -2.31. The lowest BCUT2D eigenvalue weighted by Crippen LogP contribution is -2.43. The fourth-order valence-electron chi connectivity index (χ4n) is 2.85. The van der Waals surface area contributed by atoms with Crippen molar-refractivity contribution in [1.82, 2.24) is 5.43 Å². The van der Waals surface area contributed by atoms with Gasteiger partial charge in [0.2, 0.25) is 0 Å². The summed E-state index contributed by atoms with van der Waals surface area (Å²) >= 11 is 0. The molecule has 1 aliphatic heterocycles. The molecule has 1 atom stereocenters. The molecule has 3 heteroatoms. The number of rotatable bonds is 4. The van der Waals surface area contributed by atoms with Crippen LogP contribution in [0.15, 0.2) is 11.6 Å². The van der Waals surface area contributed by atoms with E-state index in [0.29, 0.717) is 12.0 Å². The largest absolute Gasteiger partial charge is 0.381 e. The second-order valence-electron chi connectivity index (χ2n) is 5.04. The van der Waals surface area contributed by atoms with E-state index in [-0.39, 0.29) is 0 Å². The number of hydrogen-bond acceptors (Lipinski definition) is 3. The lowest BCUT2D eigenvalue weighted by molar-refractivity contribution is 0.0536. The average Bonchev–Trinajstić information content (AvgIpc) is 2.38. The van der Waals surface area contributed by atoms with Crippen molar-refractivity contribution in [3.8, 4) is 0 Å². The third-order valence-electron chi connectivity index (χ3n) is 3.92. The average molecular weight is 224 g/mol. The highest BCUT2D eigenvalue weighted by molar-refractivity contribution is 5.07. The van der Waals surface area contributed by atoms with Crippen LogP contribution < -0.4 is 11.3 Å². The van der Waals surface area contributed by atoms with Crippen molar-refractivity contribution in [2.24, 2.45) is 11.8 Å². The molecule has 1 unspecified atom stereocenters. The van der Waals surface area contributed by atoms with E-state index in [2.05, 4.69) is 11.5 Å². The van der Waals surface area contributed by atoms with E-state index in [1.807, 2.05) is 0 Å². The van der Waals surface area contributed by atoms with Crippen LogP contribution in [0.1, 0.15) is 44.9 Å². The number of ether oxygens (including phenoxy) is 1. The molecule has 0 bridgehead atoms. The highest BCUT2D eigenvalue weighted by Gasteiger charge is 2.24. The first-order valence-corrected chi connectivity index (χ1v) is 6.62. The Balaban J connectivity index is 1.86. The van der Waals surface area contributed by atoms with Gasteiger partial charge in [-0.3, -0.25) is 11.3 Å². The Kier molecular flexibility index (Phi) is 4.82. The quantitative estimate of drug-likeness (QED) is 0.437. The Hall–Kier alpha value is -0.380. The summed E-state index contributed by atoms with van der Waals surface area (Å²) < 4.78 is 5.40. The Morgan fingerprint density at radius 3 is 2.81 bits per heavy atom. The maximum Gasteiger partial charge on any atom is 0.0469 e. The highest BCUT2D eigenvalue weighted by atomic mass is 16.5. The van der Waals surface area contributed by atoms with Gasteiger partial charge in [-0.15, -0.1) is 0 Å². The van der Waals surface area contributed by atoms with E-state index >= 15 is 0 Å². The Morgan fingerprint density at radius 2 is 2.19 bits per heavy atom. The van der Waals surface area contributed by atoms with E-state index in [1.54, 1.807) is 5.57 Å². The zero-order chi connectivity index (χ0) is 11.2. The van der Waals surface area contributed by atoms with Gasteiger partial charge < -0.3 is 4.74 Å². The molecule has 0 radical (unpaired) electrons. The number of hydrogen-bond donors (Lipinski definition) is 2. The summed E-state index contributed by atoms with van der Waals surface area (Å²) in [5.41, 5.74) is 4.63. The molecule has 3 N–H and O–H groups in total. The van der Waals surface area contributed by atoms with Crippen LogP contribution in [-0.2, 0) is 4.74 Å². The maximum atomic E-state index is 5.70. The predicted octanol–water partition coefficient (Wildman–Crippen LogP) is 2.14. The zero-order valence-corrected chi connectivity index (χ0v) is 10.1. The number of hydrazine groups is 1. The van der Waals surface area contributed by atoms with Gasteiger partial charge >= 0.3 is 0 Å². The minimum atomic E-state index is 0.452. The molecule has 2 rings (SSSR count). The van der Waals surface area contributed by atoms with Gasteiger partial charge in [-0.05, 0) is 50.9 Å². The first-order chi connectivity index (χ1) is 7.90. The zero-order valence-electron chi connectivity index (χ0n) is 10.1. The van der Waals surface area contributed by atoms with Gasteiger partial charge in [-0.2, -0.15) is 0 Å². The summed E-state index contributed by atoms with van der Waals surface area (Å²) in [6, 6.07) is 0.452. The fourth-order valence-corrected chi connectivity index (χ4v) is 2.85. The molecule has 0 aromatic rings. The van der Waals surface area contributed by atoms with Gasteiger partial charge in [-0.25, -0.2) is 0 Å². The van der Waals surface area contributed by atoms with Gasteiger partial charge in [0.15, 0.2) is 0 Å². The molecular weight excluding hydrogens is 200 g/mol. The standard InChI is InChI=1S/C13H24N2O/c14-15-13(12-6-8-16-9-7-12)10-11-4-2-1-3-5-11/h4,12-13,15H,1-3,5-10,14H2. The third-order valence-corrected chi connectivity index (χ3v) is 3.92. The van der Waals surface area contributed by atoms with E-state index in [1.165, 1.54) is 25.7 Å². The Labute approximate surface area is 98.4 Å². The van der Waals surface area contributed by atoms with Crippen LogP contribution in [0.2, 0.25) is 0 Å². The molecule has 1 saturated heterocycles. The predicted molar refractivity (Wildman–Crippen MR) is 65.8 cm³/mol. The maximum absolute atomic E-state index is 5.70. The highest BCUT2D eigenvalue weighted by Crippen LogP contribution is 2.27. The molecule has 0 amide bonds. The normalized spacial score (nSPS) is 25.2. The first kappa shape index (κ1) is 12.1. The molecule has 1 fully saturated rings. The molecule has 16 heavy (non-hydrogen) atoms. The molecule has 0 aromatic heterocycles. The SMILES string of the molecule is NNC(CC1=CCCCC1)C1CCOCC1. The molecule has 2 aliphatic rings. The smallest absolute Gasteiger partial charge is 0.0469 e. The summed E-state index contributed by atoms with van der Waals surface area (Å²) in [7, 11) is 0. The molecule has 0 spiro atoms. The van der Waals surface area contributed by atoms with Crippen molar-refractivity contribution in [3.05, 3.63) is 11.6 Å². The minimum Gasteiger partial charge on any atom is -0.381 e. The van der Waals surface area contributed by atoms with E-state index in [9.17, 15) is 0 Å². The second-order valence-corrected chi connectivity index (χ2v) is 5.04. The molecule has 92 valence electrons. The van der Waals surface area contributed by atoms with E-state index < -0.39 is 0 Å². The number of allylic oxidation sites excluding steroid dienone is 1. The topological polar surface area (TPSA) is 47.3 Å². The number of nitrogens with two attached hydrogens (primary N) is 1. The summed E-state index contributed by atoms with van der Waals surface area (Å²) in [4.78, 5) is 0. The van der Waals surface area contributed by atoms with Crippen LogP contribution in [0.3, 0.4) is 0 Å². The van der Waals surface area contributed by atoms with Crippen LogP contribution in [0.5, 0.6) is 0 Å². The molecule has 1 heterocycles. The summed E-state index contributed by atoms with van der Waals surface area (Å²) in [5.74, 6) is 6.40. The second kappa shape index (κ2) is 6.38. The summed E-state index contributed by atoms with van der Waals surface area (Å²) in [6.45, 7) is 1.81. The van der Waals surface area contributed by atoms with Crippen molar-refractivity contribution < 1.29 is 4.74 Å². The lowest BCUT2D eigenvalue weighted by atomic mass is 9.85. The van der Waals surface area contributed by atoms with Gasteiger partial charge in [0.25, 0.3) is 0 Å². The van der Waals surface area contributed by atoms with E-state index in [0.717, 1.165) is 32.5 Å². The van der Waals surface area contributed by atoms with Gasteiger partial charge in [-0.1, -0.05) is 11.6 Å². The van der Waals surface area contributed by atoms with Crippen LogP contribution in [0.25, 0.3) is 0 Å². The summed E-state index contributed by atoms with van der Waals surface area (Å²) in [6.07, 6.45) is 11.1. The fraction of sp³-hybridized carbons (Fsp3) is 0.846. The van der Waals surface area contributed by atoms with Crippen molar-refractivity contribution in [2.45, 2.75) is 51.0 Å². The van der Waals surface area contributed by atoms with Crippen LogP contribution in [0.4, 0.5) is 0 Å². The molecule has 0 saturated carbocycles. The monoisotopic (exact) mass is 224 g/mol. The van der Waals surface area contributed by atoms with Crippen LogP contribution in [0, 0.1) is 5.92 Å². The first-order valence-electron chi connectivity index (χ1n) is 6.62. The molecule has 3 nitrogen and oxygen atoms in total. The van der Waals surface area contributed by atoms with E-state index in [4.69, 9.17) is 10.6 Å². The Bertz CT molecular complexity index is 234. The summed E-state index contributed by atoms with van der Waals surface area (Å²) in [5, 5.41) is 0. The van der Waals surface area contributed by atoms with Crippen molar-refractivity contribution in [1.29, 1.82) is 0 Å². The van der Waals surface area contributed by atoms with Crippen molar-refractivity contribution in [2.75, 3.05) is 13.2 Å². The third kappa shape index (κ3) is 3.30. The van der Waals surface area contributed by atoms with Crippen LogP contribution in [-0.4, -0.2) is 19.3 Å². The van der Waals surface area contributed by atoms with Crippen LogP contribution >= 0.6 is 0 Å². The molecule has 1 aliphatic carbocycles. The van der Waals surface area contributed by atoms with Crippen molar-refractivity contribution >= 4 is 0 Å². The van der Waals surface area contributed by atoms with Gasteiger partial charge in [0, 0.05) is 19.3 Å². The minimum absolute atomic E-state index is 0.452. The molecular formula is C13H24N2O. The van der Waals surface area contributed by atoms with Gasteiger partial charge in [0.1, 0.15) is 0 Å². The molecule has 0 aromatic carbocycles. The number of nitrogens with one attached hydrogen (secondary N) is 1.